The second-order valence-electron chi connectivity index (χ2n) is 5.43. The first-order valence-corrected chi connectivity index (χ1v) is 6.79. The summed E-state index contributed by atoms with van der Waals surface area (Å²) in [6.07, 6.45) is -2.37. The normalized spacial score (nSPS) is 23.0. The molecule has 0 aromatic rings. The molecule has 0 spiro atoms. The summed E-state index contributed by atoms with van der Waals surface area (Å²) in [7, 11) is 0. The van der Waals surface area contributed by atoms with Crippen molar-refractivity contribution >= 4 is 0 Å². The molecule has 0 aromatic carbocycles. The Morgan fingerprint density at radius 2 is 1.78 bits per heavy atom. The standard InChI is InChI=1S/C13H24F3NO/c1-3-12(2,17-9-4-5-10-17)11(18)7-6-8-13(14,15)16/h11,18H,3-10H2,1-2H3. The van der Waals surface area contributed by atoms with Crippen LogP contribution in [0, 0.1) is 0 Å². The lowest BCUT2D eigenvalue weighted by atomic mass is 9.86. The Balaban J connectivity index is 2.48. The van der Waals surface area contributed by atoms with Gasteiger partial charge in [-0.3, -0.25) is 4.90 Å². The van der Waals surface area contributed by atoms with Crippen LogP contribution in [0.5, 0.6) is 0 Å². The molecule has 0 bridgehead atoms. The van der Waals surface area contributed by atoms with Crippen LogP contribution in [-0.2, 0) is 0 Å². The van der Waals surface area contributed by atoms with E-state index in [2.05, 4.69) is 4.90 Å². The average molecular weight is 267 g/mol. The lowest BCUT2D eigenvalue weighted by Crippen LogP contribution is -2.53. The third kappa shape index (κ3) is 4.12. The van der Waals surface area contributed by atoms with Gasteiger partial charge in [0, 0.05) is 12.0 Å². The zero-order valence-corrected chi connectivity index (χ0v) is 11.3. The van der Waals surface area contributed by atoms with Gasteiger partial charge < -0.3 is 5.11 Å². The zero-order chi connectivity index (χ0) is 13.8. The smallest absolute Gasteiger partial charge is 0.389 e. The molecule has 0 saturated carbocycles. The van der Waals surface area contributed by atoms with Crippen molar-refractivity contribution in [2.75, 3.05) is 13.1 Å². The molecule has 1 heterocycles. The van der Waals surface area contributed by atoms with Gasteiger partial charge in [0.15, 0.2) is 0 Å². The minimum absolute atomic E-state index is 0.00803. The van der Waals surface area contributed by atoms with E-state index < -0.39 is 18.7 Å². The number of rotatable bonds is 6. The van der Waals surface area contributed by atoms with Gasteiger partial charge in [0.05, 0.1) is 6.10 Å². The molecule has 2 nitrogen and oxygen atoms in total. The molecule has 0 aromatic heterocycles. The number of hydrogen-bond acceptors (Lipinski definition) is 2. The van der Waals surface area contributed by atoms with Crippen LogP contribution in [0.15, 0.2) is 0 Å². The third-order valence-electron chi connectivity index (χ3n) is 4.20. The SMILES string of the molecule is CCC(C)(C(O)CCCC(F)(F)F)N1CCCC1. The van der Waals surface area contributed by atoms with Crippen LogP contribution in [0.4, 0.5) is 13.2 Å². The molecule has 5 heteroatoms. The highest BCUT2D eigenvalue weighted by molar-refractivity contribution is 4.93. The van der Waals surface area contributed by atoms with E-state index in [-0.39, 0.29) is 18.4 Å². The van der Waals surface area contributed by atoms with E-state index in [4.69, 9.17) is 0 Å². The summed E-state index contributed by atoms with van der Waals surface area (Å²) < 4.78 is 36.3. The predicted molar refractivity (Wildman–Crippen MR) is 65.4 cm³/mol. The Morgan fingerprint density at radius 3 is 2.22 bits per heavy atom. The lowest BCUT2D eigenvalue weighted by Gasteiger charge is -2.42. The fourth-order valence-corrected chi connectivity index (χ4v) is 2.70. The second kappa shape index (κ2) is 6.24. The van der Waals surface area contributed by atoms with Crippen molar-refractivity contribution in [1.82, 2.24) is 4.90 Å². The molecule has 108 valence electrons. The summed E-state index contributed by atoms with van der Waals surface area (Å²) >= 11 is 0. The molecular formula is C13H24F3NO. The van der Waals surface area contributed by atoms with Crippen LogP contribution in [0.1, 0.15) is 52.4 Å². The van der Waals surface area contributed by atoms with Gasteiger partial charge in [0.25, 0.3) is 0 Å². The lowest BCUT2D eigenvalue weighted by molar-refractivity contribution is -0.137. The maximum absolute atomic E-state index is 12.1. The molecular weight excluding hydrogens is 243 g/mol. The highest BCUT2D eigenvalue weighted by Gasteiger charge is 2.38. The molecule has 1 saturated heterocycles. The highest BCUT2D eigenvalue weighted by Crippen LogP contribution is 2.31. The van der Waals surface area contributed by atoms with E-state index in [0.29, 0.717) is 0 Å². The van der Waals surface area contributed by atoms with E-state index in [1.807, 2.05) is 13.8 Å². The Kier molecular flexibility index (Phi) is 5.46. The van der Waals surface area contributed by atoms with Crippen molar-refractivity contribution in [3.63, 3.8) is 0 Å². The second-order valence-corrected chi connectivity index (χ2v) is 5.43. The number of hydrogen-bond donors (Lipinski definition) is 1. The monoisotopic (exact) mass is 267 g/mol. The molecule has 0 amide bonds. The van der Waals surface area contributed by atoms with E-state index >= 15 is 0 Å². The third-order valence-corrected chi connectivity index (χ3v) is 4.20. The van der Waals surface area contributed by atoms with Gasteiger partial charge in [-0.2, -0.15) is 13.2 Å². The molecule has 1 aliphatic rings. The van der Waals surface area contributed by atoms with Crippen LogP contribution >= 0.6 is 0 Å². The van der Waals surface area contributed by atoms with E-state index in [9.17, 15) is 18.3 Å². The topological polar surface area (TPSA) is 23.5 Å². The largest absolute Gasteiger partial charge is 0.391 e. The highest BCUT2D eigenvalue weighted by atomic mass is 19.4. The minimum atomic E-state index is -4.12. The van der Waals surface area contributed by atoms with E-state index in [0.717, 1.165) is 32.4 Å². The van der Waals surface area contributed by atoms with Gasteiger partial charge in [-0.25, -0.2) is 0 Å². The van der Waals surface area contributed by atoms with Gasteiger partial charge in [-0.05, 0) is 52.1 Å². The number of halogens is 3. The Bertz CT molecular complexity index is 251. The molecule has 1 fully saturated rings. The maximum atomic E-state index is 12.1. The summed E-state index contributed by atoms with van der Waals surface area (Å²) in [6.45, 7) is 5.85. The number of aliphatic hydroxyl groups excluding tert-OH is 1. The zero-order valence-electron chi connectivity index (χ0n) is 11.3. The first kappa shape index (κ1) is 15.8. The van der Waals surface area contributed by atoms with Crippen LogP contribution in [0.2, 0.25) is 0 Å². The molecule has 1 aliphatic heterocycles. The van der Waals surface area contributed by atoms with E-state index in [1.54, 1.807) is 0 Å². The molecule has 2 unspecified atom stereocenters. The van der Waals surface area contributed by atoms with E-state index in [1.165, 1.54) is 0 Å². The number of nitrogens with zero attached hydrogens (tertiary/aromatic N) is 1. The molecule has 1 N–H and O–H groups in total. The van der Waals surface area contributed by atoms with Gasteiger partial charge in [0.1, 0.15) is 0 Å². The van der Waals surface area contributed by atoms with Crippen molar-refractivity contribution in [2.45, 2.75) is 70.2 Å². The molecule has 2 atom stereocenters. The molecule has 1 rings (SSSR count). The first-order valence-electron chi connectivity index (χ1n) is 6.79. The molecule has 0 aliphatic carbocycles. The Morgan fingerprint density at radius 1 is 1.22 bits per heavy atom. The Labute approximate surface area is 107 Å². The molecule has 0 radical (unpaired) electrons. The number of aliphatic hydroxyl groups is 1. The van der Waals surface area contributed by atoms with Crippen LogP contribution < -0.4 is 0 Å². The Hall–Kier alpha value is -0.290. The fourth-order valence-electron chi connectivity index (χ4n) is 2.70. The summed E-state index contributed by atoms with van der Waals surface area (Å²) in [5, 5.41) is 10.2. The quantitative estimate of drug-likeness (QED) is 0.797. The number of alkyl halides is 3. The van der Waals surface area contributed by atoms with Gasteiger partial charge >= 0.3 is 6.18 Å². The first-order chi connectivity index (χ1) is 8.29. The summed E-state index contributed by atoms with van der Waals surface area (Å²) in [5.74, 6) is 0. The summed E-state index contributed by atoms with van der Waals surface area (Å²) in [4.78, 5) is 2.23. The van der Waals surface area contributed by atoms with Gasteiger partial charge in [0.2, 0.25) is 0 Å². The maximum Gasteiger partial charge on any atom is 0.389 e. The fraction of sp³-hybridized carbons (Fsp3) is 1.00. The average Bonchev–Trinajstić information content (AvgIpc) is 2.79. The van der Waals surface area contributed by atoms with Crippen molar-refractivity contribution in [1.29, 1.82) is 0 Å². The van der Waals surface area contributed by atoms with Crippen LogP contribution in [0.25, 0.3) is 0 Å². The van der Waals surface area contributed by atoms with Crippen LogP contribution in [-0.4, -0.2) is 40.9 Å². The summed E-state index contributed by atoms with van der Waals surface area (Å²) in [5.41, 5.74) is -0.373. The minimum Gasteiger partial charge on any atom is -0.391 e. The van der Waals surface area contributed by atoms with Crippen molar-refractivity contribution in [2.24, 2.45) is 0 Å². The van der Waals surface area contributed by atoms with Gasteiger partial charge in [-0.15, -0.1) is 0 Å². The number of likely N-dealkylation sites (tertiary alicyclic amines) is 1. The summed E-state index contributed by atoms with van der Waals surface area (Å²) in [6, 6.07) is 0. The van der Waals surface area contributed by atoms with Gasteiger partial charge in [-0.1, -0.05) is 6.92 Å². The van der Waals surface area contributed by atoms with Crippen molar-refractivity contribution in [3.8, 4) is 0 Å². The van der Waals surface area contributed by atoms with Crippen molar-refractivity contribution in [3.05, 3.63) is 0 Å². The van der Waals surface area contributed by atoms with Crippen molar-refractivity contribution < 1.29 is 18.3 Å². The van der Waals surface area contributed by atoms with Crippen LogP contribution in [0.3, 0.4) is 0 Å². The predicted octanol–water partition coefficient (Wildman–Crippen LogP) is 3.34. The molecule has 18 heavy (non-hydrogen) atoms.